The Kier molecular flexibility index (Phi) is 2.94. The van der Waals surface area contributed by atoms with Crippen molar-refractivity contribution in [3.05, 3.63) is 28.2 Å². The topological polar surface area (TPSA) is 35.8 Å². The molecule has 1 aliphatic carbocycles. The number of hydrogen-bond donors (Lipinski definition) is 1. The number of nitriles is 1. The van der Waals surface area contributed by atoms with E-state index in [1.807, 2.05) is 18.2 Å². The van der Waals surface area contributed by atoms with Crippen molar-refractivity contribution in [2.45, 2.75) is 20.3 Å². The van der Waals surface area contributed by atoms with Gasteiger partial charge in [-0.05, 0) is 45.8 Å². The molecule has 0 aliphatic heterocycles. The lowest BCUT2D eigenvalue weighted by molar-refractivity contribution is 0.573. The summed E-state index contributed by atoms with van der Waals surface area (Å²) in [7, 11) is 0. The Morgan fingerprint density at radius 2 is 2.25 bits per heavy atom. The molecule has 1 aromatic rings. The smallest absolute Gasteiger partial charge is 0.103 e. The third-order valence-corrected chi connectivity index (χ3v) is 4.04. The van der Waals surface area contributed by atoms with Gasteiger partial charge >= 0.3 is 0 Å². The fraction of sp³-hybridized carbons (Fsp3) is 0.462. The lowest BCUT2D eigenvalue weighted by Crippen LogP contribution is -2.08. The molecule has 1 fully saturated rings. The van der Waals surface area contributed by atoms with Gasteiger partial charge < -0.3 is 5.32 Å². The lowest BCUT2D eigenvalue weighted by atomic mass is 10.1. The van der Waals surface area contributed by atoms with Crippen LogP contribution in [0.1, 0.15) is 25.8 Å². The molecule has 3 heteroatoms. The van der Waals surface area contributed by atoms with E-state index in [4.69, 9.17) is 5.26 Å². The van der Waals surface area contributed by atoms with E-state index in [9.17, 15) is 0 Å². The molecule has 0 radical (unpaired) electrons. The summed E-state index contributed by atoms with van der Waals surface area (Å²) in [6.45, 7) is 5.52. The molecule has 0 amide bonds. The molecule has 1 N–H and O–H groups in total. The van der Waals surface area contributed by atoms with E-state index in [0.717, 1.165) is 22.6 Å². The summed E-state index contributed by atoms with van der Waals surface area (Å²) in [4.78, 5) is 0. The summed E-state index contributed by atoms with van der Waals surface area (Å²) in [6, 6.07) is 8.02. The molecule has 84 valence electrons. The van der Waals surface area contributed by atoms with Crippen molar-refractivity contribution < 1.29 is 0 Å². The highest BCUT2D eigenvalue weighted by Gasteiger charge is 2.44. The number of benzene rings is 1. The fourth-order valence-electron chi connectivity index (χ4n) is 1.94. The van der Waals surface area contributed by atoms with Gasteiger partial charge in [-0.2, -0.15) is 5.26 Å². The summed E-state index contributed by atoms with van der Waals surface area (Å²) in [5.41, 5.74) is 2.10. The molecular formula is C13H15BrN2. The van der Waals surface area contributed by atoms with Crippen molar-refractivity contribution in [3.63, 3.8) is 0 Å². The van der Waals surface area contributed by atoms with E-state index in [2.05, 4.69) is 41.2 Å². The molecule has 2 nitrogen and oxygen atoms in total. The molecule has 0 aromatic heterocycles. The van der Waals surface area contributed by atoms with Crippen LogP contribution >= 0.6 is 15.9 Å². The van der Waals surface area contributed by atoms with Crippen LogP contribution in [0.2, 0.25) is 0 Å². The van der Waals surface area contributed by atoms with Crippen LogP contribution in [0.15, 0.2) is 22.7 Å². The Morgan fingerprint density at radius 3 is 2.81 bits per heavy atom. The van der Waals surface area contributed by atoms with E-state index in [0.29, 0.717) is 11.0 Å². The first-order chi connectivity index (χ1) is 7.54. The van der Waals surface area contributed by atoms with Gasteiger partial charge in [0.2, 0.25) is 0 Å². The van der Waals surface area contributed by atoms with E-state index in [-0.39, 0.29) is 0 Å². The minimum absolute atomic E-state index is 0.478. The van der Waals surface area contributed by atoms with E-state index in [1.54, 1.807) is 0 Å². The van der Waals surface area contributed by atoms with Gasteiger partial charge in [0.25, 0.3) is 0 Å². The molecule has 0 spiro atoms. The second kappa shape index (κ2) is 4.10. The molecule has 1 aromatic carbocycles. The van der Waals surface area contributed by atoms with E-state index >= 15 is 0 Å². The van der Waals surface area contributed by atoms with Crippen molar-refractivity contribution in [1.29, 1.82) is 5.26 Å². The number of rotatable bonds is 3. The van der Waals surface area contributed by atoms with Crippen LogP contribution in [0.4, 0.5) is 5.69 Å². The van der Waals surface area contributed by atoms with Crippen molar-refractivity contribution in [3.8, 4) is 6.07 Å². The zero-order valence-electron chi connectivity index (χ0n) is 9.55. The van der Waals surface area contributed by atoms with E-state index < -0.39 is 0 Å². The van der Waals surface area contributed by atoms with Crippen molar-refractivity contribution in [2.24, 2.45) is 11.3 Å². The Bertz CT molecular complexity index is 446. The first kappa shape index (κ1) is 11.5. The summed E-state index contributed by atoms with van der Waals surface area (Å²) < 4.78 is 0.857. The highest BCUT2D eigenvalue weighted by atomic mass is 79.9. The molecule has 1 aliphatic rings. The summed E-state index contributed by atoms with van der Waals surface area (Å²) >= 11 is 3.39. The van der Waals surface area contributed by atoms with Crippen LogP contribution in [-0.2, 0) is 0 Å². The molecule has 1 unspecified atom stereocenters. The maximum absolute atomic E-state index is 9.06. The largest absolute Gasteiger partial charge is 0.384 e. The first-order valence-electron chi connectivity index (χ1n) is 5.47. The molecule has 2 rings (SSSR count). The standard InChI is InChI=1S/C13H15BrN2/c1-13(2)6-9(13)8-16-12-5-3-4-11(14)10(12)7-15/h3-5,9,16H,6,8H2,1-2H3. The molecule has 0 saturated heterocycles. The second-order valence-corrected chi connectivity index (χ2v) is 5.90. The molecule has 1 saturated carbocycles. The van der Waals surface area contributed by atoms with Gasteiger partial charge in [-0.3, -0.25) is 0 Å². The van der Waals surface area contributed by atoms with Gasteiger partial charge in [-0.15, -0.1) is 0 Å². The average molecular weight is 279 g/mol. The maximum atomic E-state index is 9.06. The monoisotopic (exact) mass is 278 g/mol. The molecular weight excluding hydrogens is 264 g/mol. The van der Waals surface area contributed by atoms with Crippen LogP contribution < -0.4 is 5.32 Å². The van der Waals surface area contributed by atoms with Gasteiger partial charge in [0.05, 0.1) is 11.3 Å². The van der Waals surface area contributed by atoms with Crippen molar-refractivity contribution >= 4 is 21.6 Å². The van der Waals surface area contributed by atoms with Crippen LogP contribution in [0.3, 0.4) is 0 Å². The zero-order valence-corrected chi connectivity index (χ0v) is 11.1. The Labute approximate surface area is 105 Å². The predicted molar refractivity (Wildman–Crippen MR) is 69.2 cm³/mol. The second-order valence-electron chi connectivity index (χ2n) is 5.04. The van der Waals surface area contributed by atoms with Crippen molar-refractivity contribution in [1.82, 2.24) is 0 Å². The molecule has 0 bridgehead atoms. The highest BCUT2D eigenvalue weighted by molar-refractivity contribution is 9.10. The van der Waals surface area contributed by atoms with Crippen LogP contribution in [-0.4, -0.2) is 6.54 Å². The summed E-state index contributed by atoms with van der Waals surface area (Å²) in [5.74, 6) is 0.734. The third-order valence-electron chi connectivity index (χ3n) is 3.38. The molecule has 1 atom stereocenters. The Hall–Kier alpha value is -1.01. The summed E-state index contributed by atoms with van der Waals surface area (Å²) in [6.07, 6.45) is 1.27. The summed E-state index contributed by atoms with van der Waals surface area (Å²) in [5, 5.41) is 12.4. The van der Waals surface area contributed by atoms with Crippen LogP contribution in [0.25, 0.3) is 0 Å². The minimum atomic E-state index is 0.478. The zero-order chi connectivity index (χ0) is 11.8. The maximum Gasteiger partial charge on any atom is 0.103 e. The highest BCUT2D eigenvalue weighted by Crippen LogP contribution is 2.51. The third kappa shape index (κ3) is 2.22. The number of nitrogens with one attached hydrogen (secondary N) is 1. The van der Waals surface area contributed by atoms with E-state index in [1.165, 1.54) is 6.42 Å². The molecule has 16 heavy (non-hydrogen) atoms. The van der Waals surface area contributed by atoms with Crippen LogP contribution in [0.5, 0.6) is 0 Å². The van der Waals surface area contributed by atoms with Gasteiger partial charge in [0.1, 0.15) is 6.07 Å². The van der Waals surface area contributed by atoms with Crippen molar-refractivity contribution in [2.75, 3.05) is 11.9 Å². The predicted octanol–water partition coefficient (Wildman–Crippen LogP) is 3.78. The number of halogens is 1. The lowest BCUT2D eigenvalue weighted by Gasteiger charge is -2.10. The average Bonchev–Trinajstić information content (AvgIpc) is 2.83. The fourth-order valence-corrected chi connectivity index (χ4v) is 2.40. The van der Waals surface area contributed by atoms with Gasteiger partial charge in [-0.1, -0.05) is 19.9 Å². The molecule has 0 heterocycles. The van der Waals surface area contributed by atoms with Crippen LogP contribution in [0, 0.1) is 22.7 Å². The Morgan fingerprint density at radius 1 is 1.56 bits per heavy atom. The van der Waals surface area contributed by atoms with Gasteiger partial charge in [0.15, 0.2) is 0 Å². The normalized spacial score (nSPS) is 21.2. The number of hydrogen-bond acceptors (Lipinski definition) is 2. The number of nitrogens with zero attached hydrogens (tertiary/aromatic N) is 1. The first-order valence-corrected chi connectivity index (χ1v) is 6.26. The Balaban J connectivity index is 2.05. The van der Waals surface area contributed by atoms with Gasteiger partial charge in [0, 0.05) is 11.0 Å². The minimum Gasteiger partial charge on any atom is -0.384 e. The van der Waals surface area contributed by atoms with Gasteiger partial charge in [-0.25, -0.2) is 0 Å². The quantitative estimate of drug-likeness (QED) is 0.914. The SMILES string of the molecule is CC1(C)CC1CNc1cccc(Br)c1C#N. The number of anilines is 1.